The summed E-state index contributed by atoms with van der Waals surface area (Å²) in [6, 6.07) is 17.8. The average molecular weight is 489 g/mol. The molecule has 0 atom stereocenters. The van der Waals surface area contributed by atoms with Gasteiger partial charge >= 0.3 is 0 Å². The van der Waals surface area contributed by atoms with Gasteiger partial charge in [0.25, 0.3) is 0 Å². The predicted molar refractivity (Wildman–Crippen MR) is 135 cm³/mol. The second kappa shape index (κ2) is 10.8. The first-order chi connectivity index (χ1) is 17.2. The summed E-state index contributed by atoms with van der Waals surface area (Å²) in [5.74, 6) is 3.01. The van der Waals surface area contributed by atoms with E-state index in [0.717, 1.165) is 72.3 Å². The van der Waals surface area contributed by atoms with Crippen molar-refractivity contribution in [3.63, 3.8) is 0 Å². The normalized spacial score (nSPS) is 13.2. The molecular formula is C25H28N8OS. The van der Waals surface area contributed by atoms with E-state index in [1.54, 1.807) is 16.6 Å². The lowest BCUT2D eigenvalue weighted by atomic mass is 10.2. The van der Waals surface area contributed by atoms with Gasteiger partial charge in [0.1, 0.15) is 5.82 Å². The molecule has 0 radical (unpaired) electrons. The molecule has 5 rings (SSSR count). The largest absolute Gasteiger partial charge is 0.326 e. The summed E-state index contributed by atoms with van der Waals surface area (Å²) in [6.07, 6.45) is 5.41. The number of amides is 1. The number of hydrogen-bond donors (Lipinski definition) is 1. The van der Waals surface area contributed by atoms with Crippen molar-refractivity contribution in [1.82, 2.24) is 35.0 Å². The number of aromatic nitrogens is 7. The van der Waals surface area contributed by atoms with E-state index in [0.29, 0.717) is 11.7 Å². The van der Waals surface area contributed by atoms with Crippen LogP contribution >= 0.6 is 11.8 Å². The maximum atomic E-state index is 11.5. The molecule has 1 amide bonds. The summed E-state index contributed by atoms with van der Waals surface area (Å²) in [5, 5.41) is 25.6. The third-order valence-electron chi connectivity index (χ3n) is 5.74. The third-order valence-corrected chi connectivity index (χ3v) is 6.76. The minimum absolute atomic E-state index is 0.0831. The Kier molecular flexibility index (Phi) is 7.17. The fourth-order valence-corrected chi connectivity index (χ4v) is 4.84. The van der Waals surface area contributed by atoms with Gasteiger partial charge < -0.3 is 5.32 Å². The Morgan fingerprint density at radius 1 is 1.03 bits per heavy atom. The molecule has 2 aromatic carbocycles. The van der Waals surface area contributed by atoms with E-state index in [2.05, 4.69) is 35.5 Å². The van der Waals surface area contributed by atoms with E-state index in [1.165, 1.54) is 6.92 Å². The average Bonchev–Trinajstić information content (AvgIpc) is 3.44. The molecule has 0 spiro atoms. The highest BCUT2D eigenvalue weighted by Crippen LogP contribution is 2.41. The first-order valence-electron chi connectivity index (χ1n) is 12.0. The molecule has 4 aromatic rings. The monoisotopic (exact) mass is 488 g/mol. The molecule has 0 aliphatic heterocycles. The molecule has 1 aliphatic rings. The lowest BCUT2D eigenvalue weighted by molar-refractivity contribution is -0.114. The molecule has 1 saturated carbocycles. The second-order valence-electron chi connectivity index (χ2n) is 8.67. The van der Waals surface area contributed by atoms with Crippen LogP contribution < -0.4 is 5.32 Å². The number of tetrazole rings is 1. The number of hydrogen-bond acceptors (Lipinski definition) is 7. The molecule has 2 aromatic heterocycles. The van der Waals surface area contributed by atoms with Crippen LogP contribution in [0, 0.1) is 0 Å². The van der Waals surface area contributed by atoms with Gasteiger partial charge in [0.2, 0.25) is 11.7 Å². The van der Waals surface area contributed by atoms with Gasteiger partial charge in [0, 0.05) is 29.8 Å². The number of aryl methyl sites for hydroxylation is 1. The summed E-state index contributed by atoms with van der Waals surface area (Å²) in [5.41, 5.74) is 2.74. The minimum atomic E-state index is -0.0831. The molecule has 35 heavy (non-hydrogen) atoms. The molecule has 1 aliphatic carbocycles. The standard InChI is InChI=1S/C25H28N8OS/c1-18(34)26-21-11-8-12-22(17-21)33-24(20-13-14-20)28-29-25(33)35-16-7-3-6-15-32-30-23(27-31-32)19-9-4-2-5-10-19/h2,4-5,8-12,17,20H,3,6-7,13-16H2,1H3,(H,26,34). The number of carbonyl (C=O) groups is 1. The highest BCUT2D eigenvalue weighted by Gasteiger charge is 2.31. The number of carbonyl (C=O) groups excluding carboxylic acids is 1. The van der Waals surface area contributed by atoms with E-state index in [-0.39, 0.29) is 5.91 Å². The second-order valence-corrected chi connectivity index (χ2v) is 9.73. The smallest absolute Gasteiger partial charge is 0.221 e. The van der Waals surface area contributed by atoms with Crippen LogP contribution in [-0.2, 0) is 11.3 Å². The number of rotatable bonds is 11. The predicted octanol–water partition coefficient (Wildman–Crippen LogP) is 4.72. The molecule has 0 saturated heterocycles. The first-order valence-corrected chi connectivity index (χ1v) is 13.0. The Morgan fingerprint density at radius 2 is 1.89 bits per heavy atom. The van der Waals surface area contributed by atoms with E-state index < -0.39 is 0 Å². The molecule has 1 fully saturated rings. The lowest BCUT2D eigenvalue weighted by Gasteiger charge is -2.11. The summed E-state index contributed by atoms with van der Waals surface area (Å²) in [4.78, 5) is 13.2. The number of nitrogens with zero attached hydrogens (tertiary/aromatic N) is 7. The van der Waals surface area contributed by atoms with Crippen molar-refractivity contribution in [3.8, 4) is 17.1 Å². The van der Waals surface area contributed by atoms with Gasteiger partial charge in [-0.3, -0.25) is 9.36 Å². The van der Waals surface area contributed by atoms with Crippen LogP contribution in [0.25, 0.3) is 17.1 Å². The van der Waals surface area contributed by atoms with Crippen molar-refractivity contribution < 1.29 is 4.79 Å². The quantitative estimate of drug-likeness (QED) is 0.241. The van der Waals surface area contributed by atoms with Crippen LogP contribution in [0.15, 0.2) is 59.8 Å². The van der Waals surface area contributed by atoms with Crippen LogP contribution in [0.3, 0.4) is 0 Å². The van der Waals surface area contributed by atoms with Crippen molar-refractivity contribution >= 4 is 23.4 Å². The van der Waals surface area contributed by atoms with Crippen LogP contribution in [-0.4, -0.2) is 46.6 Å². The van der Waals surface area contributed by atoms with Crippen molar-refractivity contribution in [2.75, 3.05) is 11.1 Å². The summed E-state index contributed by atoms with van der Waals surface area (Å²) in [6.45, 7) is 2.27. The number of anilines is 1. The fraction of sp³-hybridized carbons (Fsp3) is 0.360. The Bertz CT molecular complexity index is 1280. The van der Waals surface area contributed by atoms with Crippen molar-refractivity contribution in [1.29, 1.82) is 0 Å². The van der Waals surface area contributed by atoms with E-state index in [4.69, 9.17) is 0 Å². The maximum absolute atomic E-state index is 11.5. The van der Waals surface area contributed by atoms with Crippen molar-refractivity contribution in [3.05, 3.63) is 60.4 Å². The highest BCUT2D eigenvalue weighted by molar-refractivity contribution is 7.99. The van der Waals surface area contributed by atoms with E-state index in [9.17, 15) is 4.79 Å². The highest BCUT2D eigenvalue weighted by atomic mass is 32.2. The van der Waals surface area contributed by atoms with Crippen LogP contribution in [0.4, 0.5) is 5.69 Å². The summed E-state index contributed by atoms with van der Waals surface area (Å²) in [7, 11) is 0. The van der Waals surface area contributed by atoms with Crippen LogP contribution in [0.1, 0.15) is 50.8 Å². The molecular weight excluding hydrogens is 460 g/mol. The van der Waals surface area contributed by atoms with E-state index >= 15 is 0 Å². The van der Waals surface area contributed by atoms with Gasteiger partial charge in [-0.25, -0.2) is 0 Å². The SMILES string of the molecule is CC(=O)Nc1cccc(-n2c(SCCCCCn3nnc(-c4ccccc4)n3)nnc2C2CC2)c1. The number of thioether (sulfide) groups is 1. The van der Waals surface area contributed by atoms with Gasteiger partial charge in [-0.1, -0.05) is 54.6 Å². The topological polar surface area (TPSA) is 103 Å². The Labute approximate surface area is 208 Å². The van der Waals surface area contributed by atoms with Gasteiger partial charge in [-0.05, 0) is 49.1 Å². The van der Waals surface area contributed by atoms with Crippen LogP contribution in [0.5, 0.6) is 0 Å². The molecule has 0 unspecified atom stereocenters. The van der Waals surface area contributed by atoms with Crippen molar-refractivity contribution in [2.45, 2.75) is 56.6 Å². The first kappa shape index (κ1) is 23.2. The van der Waals surface area contributed by atoms with Gasteiger partial charge in [0.15, 0.2) is 5.16 Å². The van der Waals surface area contributed by atoms with Crippen LogP contribution in [0.2, 0.25) is 0 Å². The molecule has 180 valence electrons. The molecule has 10 heteroatoms. The Hall–Kier alpha value is -3.53. The fourth-order valence-electron chi connectivity index (χ4n) is 3.89. The number of unbranched alkanes of at least 4 members (excludes halogenated alkanes) is 2. The molecule has 9 nitrogen and oxygen atoms in total. The maximum Gasteiger partial charge on any atom is 0.221 e. The van der Waals surface area contributed by atoms with E-state index in [1.807, 2.05) is 54.6 Å². The number of nitrogens with one attached hydrogen (secondary N) is 1. The Morgan fingerprint density at radius 3 is 2.69 bits per heavy atom. The van der Waals surface area contributed by atoms with Gasteiger partial charge in [0.05, 0.1) is 12.2 Å². The summed E-state index contributed by atoms with van der Waals surface area (Å²) >= 11 is 1.73. The molecule has 1 N–H and O–H groups in total. The zero-order chi connectivity index (χ0) is 24.0. The lowest BCUT2D eigenvalue weighted by Crippen LogP contribution is -2.07. The Balaban J connectivity index is 1.15. The third kappa shape index (κ3) is 5.94. The minimum Gasteiger partial charge on any atom is -0.326 e. The van der Waals surface area contributed by atoms with Crippen molar-refractivity contribution in [2.24, 2.45) is 0 Å². The zero-order valence-corrected chi connectivity index (χ0v) is 20.5. The summed E-state index contributed by atoms with van der Waals surface area (Å²) < 4.78 is 2.15. The molecule has 2 heterocycles. The number of benzene rings is 2. The molecule has 0 bridgehead atoms. The zero-order valence-electron chi connectivity index (χ0n) is 19.7. The van der Waals surface area contributed by atoms with Gasteiger partial charge in [-0.2, -0.15) is 4.80 Å². The van der Waals surface area contributed by atoms with Gasteiger partial charge in [-0.15, -0.1) is 20.4 Å².